The molecule has 7 heteroatoms. The molecule has 0 bridgehead atoms. The number of carbonyl (C=O) groups is 2. The average Bonchev–Trinajstić information content (AvgIpc) is 3.30. The molecule has 0 aliphatic heterocycles. The molecule has 0 radical (unpaired) electrons. The van der Waals surface area contributed by atoms with Crippen LogP contribution in [0.1, 0.15) is 67.7 Å². The topological polar surface area (TPSA) is 64.4 Å². The number of thiazole rings is 1. The van der Waals surface area contributed by atoms with E-state index >= 15 is 0 Å². The second-order valence-corrected chi connectivity index (χ2v) is 8.26. The van der Waals surface area contributed by atoms with Crippen LogP contribution >= 0.6 is 11.3 Å². The molecule has 1 fully saturated rings. The van der Waals surface area contributed by atoms with Crippen LogP contribution in [-0.4, -0.2) is 33.6 Å². The van der Waals surface area contributed by atoms with Gasteiger partial charge >= 0.3 is 5.97 Å². The van der Waals surface area contributed by atoms with Crippen LogP contribution in [0.4, 0.5) is 5.13 Å². The summed E-state index contributed by atoms with van der Waals surface area (Å²) in [5.74, 6) is -0.643. The van der Waals surface area contributed by atoms with Gasteiger partial charge in [0.05, 0.1) is 5.56 Å². The maximum Gasteiger partial charge on any atom is 0.340 e. The SMILES string of the molecule is CCn1c(C)cc(C(=O)O[C@H](C)C(=O)N(c2nccs2)C2CCCCC2)c1C. The van der Waals surface area contributed by atoms with Crippen molar-refractivity contribution in [1.82, 2.24) is 9.55 Å². The van der Waals surface area contributed by atoms with Crippen LogP contribution in [-0.2, 0) is 16.1 Å². The number of nitrogens with zero attached hydrogens (tertiary/aromatic N) is 3. The van der Waals surface area contributed by atoms with E-state index in [1.54, 1.807) is 18.0 Å². The standard InChI is InChI=1S/C21H29N3O3S/c1-5-23-14(2)13-18(15(23)3)20(26)27-16(4)19(25)24(21-22-11-12-28-21)17-9-7-6-8-10-17/h11-13,16-17H,5-10H2,1-4H3/t16-/m1/s1. The Morgan fingerprint density at radius 2 is 2.04 bits per heavy atom. The van der Waals surface area contributed by atoms with E-state index in [2.05, 4.69) is 9.55 Å². The maximum atomic E-state index is 13.2. The van der Waals surface area contributed by atoms with E-state index in [9.17, 15) is 9.59 Å². The van der Waals surface area contributed by atoms with Crippen molar-refractivity contribution in [2.45, 2.75) is 78.5 Å². The van der Waals surface area contributed by atoms with Crippen LogP contribution in [0.25, 0.3) is 0 Å². The first kappa shape index (κ1) is 20.6. The van der Waals surface area contributed by atoms with Gasteiger partial charge in [-0.2, -0.15) is 0 Å². The van der Waals surface area contributed by atoms with E-state index in [-0.39, 0.29) is 11.9 Å². The third kappa shape index (κ3) is 4.14. The molecule has 2 aromatic rings. The van der Waals surface area contributed by atoms with Crippen molar-refractivity contribution < 1.29 is 14.3 Å². The van der Waals surface area contributed by atoms with Crippen LogP contribution in [0.15, 0.2) is 17.6 Å². The summed E-state index contributed by atoms with van der Waals surface area (Å²) in [6.07, 6.45) is 6.19. The summed E-state index contributed by atoms with van der Waals surface area (Å²) in [4.78, 5) is 32.1. The van der Waals surface area contributed by atoms with E-state index < -0.39 is 12.1 Å². The number of amides is 1. The van der Waals surface area contributed by atoms with Crippen LogP contribution in [0.5, 0.6) is 0 Å². The first-order valence-corrected chi connectivity index (χ1v) is 10.9. The third-order valence-corrected chi connectivity index (χ3v) is 6.31. The summed E-state index contributed by atoms with van der Waals surface area (Å²) in [5, 5.41) is 2.55. The highest BCUT2D eigenvalue weighted by atomic mass is 32.1. The second-order valence-electron chi connectivity index (χ2n) is 7.39. The van der Waals surface area contributed by atoms with E-state index in [4.69, 9.17) is 4.74 Å². The molecule has 3 rings (SSSR count). The van der Waals surface area contributed by atoms with Gasteiger partial charge in [-0.15, -0.1) is 11.3 Å². The molecule has 0 N–H and O–H groups in total. The first-order valence-electron chi connectivity index (χ1n) is 10.0. The average molecular weight is 404 g/mol. The Balaban J connectivity index is 1.77. The molecule has 0 saturated heterocycles. The lowest BCUT2D eigenvalue weighted by atomic mass is 9.94. The van der Waals surface area contributed by atoms with Gasteiger partial charge in [-0.1, -0.05) is 19.3 Å². The number of hydrogen-bond donors (Lipinski definition) is 0. The molecule has 2 heterocycles. The smallest absolute Gasteiger partial charge is 0.340 e. The van der Waals surface area contributed by atoms with Gasteiger partial charge in [0.25, 0.3) is 5.91 Å². The zero-order valence-corrected chi connectivity index (χ0v) is 17.9. The molecule has 1 aliphatic rings. The Morgan fingerprint density at radius 1 is 1.32 bits per heavy atom. The number of rotatable bonds is 6. The largest absolute Gasteiger partial charge is 0.449 e. The van der Waals surface area contributed by atoms with E-state index in [1.807, 2.05) is 32.2 Å². The molecule has 152 valence electrons. The predicted octanol–water partition coefficient (Wildman–Crippen LogP) is 4.49. The minimum Gasteiger partial charge on any atom is -0.449 e. The van der Waals surface area contributed by atoms with Crippen molar-refractivity contribution >= 4 is 28.3 Å². The van der Waals surface area contributed by atoms with Crippen LogP contribution in [0, 0.1) is 13.8 Å². The summed E-state index contributed by atoms with van der Waals surface area (Å²) in [5.41, 5.74) is 2.41. The molecule has 2 aromatic heterocycles. The van der Waals surface area contributed by atoms with Gasteiger partial charge in [-0.05, 0) is 46.6 Å². The molecule has 1 atom stereocenters. The highest BCUT2D eigenvalue weighted by molar-refractivity contribution is 7.13. The van der Waals surface area contributed by atoms with Gasteiger partial charge in [0, 0.05) is 35.6 Å². The fourth-order valence-corrected chi connectivity index (χ4v) is 4.79. The third-order valence-electron chi connectivity index (χ3n) is 5.54. The minimum atomic E-state index is -0.858. The molecule has 1 amide bonds. The van der Waals surface area contributed by atoms with Gasteiger partial charge in [0.2, 0.25) is 0 Å². The van der Waals surface area contributed by atoms with Crippen LogP contribution in [0.3, 0.4) is 0 Å². The van der Waals surface area contributed by atoms with Crippen LogP contribution in [0.2, 0.25) is 0 Å². The summed E-state index contributed by atoms with van der Waals surface area (Å²) in [6.45, 7) is 8.36. The summed E-state index contributed by atoms with van der Waals surface area (Å²) < 4.78 is 7.66. The Labute approximate surface area is 170 Å². The van der Waals surface area contributed by atoms with Crippen molar-refractivity contribution in [2.75, 3.05) is 4.90 Å². The number of carbonyl (C=O) groups excluding carboxylic acids is 2. The molecule has 0 spiro atoms. The quantitative estimate of drug-likeness (QED) is 0.667. The van der Waals surface area contributed by atoms with E-state index in [0.717, 1.165) is 43.6 Å². The summed E-state index contributed by atoms with van der Waals surface area (Å²) in [6, 6.07) is 1.96. The lowest BCUT2D eigenvalue weighted by Gasteiger charge is -2.33. The molecule has 6 nitrogen and oxygen atoms in total. The number of anilines is 1. The van der Waals surface area contributed by atoms with E-state index in [0.29, 0.717) is 10.7 Å². The minimum absolute atomic E-state index is 0.124. The van der Waals surface area contributed by atoms with Gasteiger partial charge in [0.15, 0.2) is 11.2 Å². The van der Waals surface area contributed by atoms with Crippen molar-refractivity contribution in [3.8, 4) is 0 Å². The van der Waals surface area contributed by atoms with Crippen molar-refractivity contribution in [1.29, 1.82) is 0 Å². The normalized spacial score (nSPS) is 16.0. The molecular formula is C21H29N3O3S. The molecule has 0 unspecified atom stereocenters. The monoisotopic (exact) mass is 403 g/mol. The van der Waals surface area contributed by atoms with Crippen molar-refractivity contribution in [3.63, 3.8) is 0 Å². The highest BCUT2D eigenvalue weighted by Crippen LogP contribution is 2.30. The molecule has 28 heavy (non-hydrogen) atoms. The Bertz CT molecular complexity index is 822. The molecular weight excluding hydrogens is 374 g/mol. The van der Waals surface area contributed by atoms with Gasteiger partial charge in [-0.25, -0.2) is 9.78 Å². The fourth-order valence-electron chi connectivity index (χ4n) is 4.07. The number of ether oxygens (including phenoxy) is 1. The van der Waals surface area contributed by atoms with Crippen molar-refractivity contribution in [2.24, 2.45) is 0 Å². The summed E-state index contributed by atoms with van der Waals surface area (Å²) >= 11 is 1.45. The zero-order chi connectivity index (χ0) is 20.3. The van der Waals surface area contributed by atoms with E-state index in [1.165, 1.54) is 17.8 Å². The van der Waals surface area contributed by atoms with Gasteiger partial charge < -0.3 is 9.30 Å². The lowest BCUT2D eigenvalue weighted by molar-refractivity contribution is -0.127. The summed E-state index contributed by atoms with van der Waals surface area (Å²) in [7, 11) is 0. The Morgan fingerprint density at radius 3 is 2.61 bits per heavy atom. The number of esters is 1. The zero-order valence-electron chi connectivity index (χ0n) is 17.1. The van der Waals surface area contributed by atoms with Crippen molar-refractivity contribution in [3.05, 3.63) is 34.6 Å². The fraction of sp³-hybridized carbons (Fsp3) is 0.571. The van der Waals surface area contributed by atoms with Gasteiger partial charge in [0.1, 0.15) is 0 Å². The highest BCUT2D eigenvalue weighted by Gasteiger charge is 2.33. The number of aromatic nitrogens is 2. The second kappa shape index (κ2) is 8.90. The molecule has 0 aromatic carbocycles. The number of hydrogen-bond acceptors (Lipinski definition) is 5. The lowest BCUT2D eigenvalue weighted by Crippen LogP contribution is -2.47. The molecule has 1 saturated carbocycles. The van der Waals surface area contributed by atoms with Gasteiger partial charge in [-0.3, -0.25) is 9.69 Å². The van der Waals surface area contributed by atoms with Crippen LogP contribution < -0.4 is 4.90 Å². The first-order chi connectivity index (χ1) is 13.4. The number of aryl methyl sites for hydroxylation is 1. The Kier molecular flexibility index (Phi) is 6.54. The Hall–Kier alpha value is -2.15. The predicted molar refractivity (Wildman–Crippen MR) is 111 cm³/mol. The molecule has 1 aliphatic carbocycles. The maximum absolute atomic E-state index is 13.2.